The second-order valence-corrected chi connectivity index (χ2v) is 4.84. The number of esters is 1. The maximum Gasteiger partial charge on any atom is 0.307 e. The van der Waals surface area contributed by atoms with Crippen molar-refractivity contribution in [1.29, 1.82) is 0 Å². The summed E-state index contributed by atoms with van der Waals surface area (Å²) in [6, 6.07) is 0. The molecule has 7 heteroatoms. The molecule has 1 aromatic rings. The van der Waals surface area contributed by atoms with Crippen LogP contribution in [0, 0.1) is 0 Å². The van der Waals surface area contributed by atoms with Gasteiger partial charge in [-0.2, -0.15) is 0 Å². The topological polar surface area (TPSA) is 81.6 Å². The van der Waals surface area contributed by atoms with Crippen molar-refractivity contribution in [3.8, 4) is 0 Å². The third-order valence-corrected chi connectivity index (χ3v) is 3.36. The Bertz CT molecular complexity index is 474. The molecule has 0 saturated carbocycles. The molecule has 1 aliphatic heterocycles. The molecule has 2 rings (SSSR count). The first kappa shape index (κ1) is 15.4. The van der Waals surface area contributed by atoms with E-state index in [2.05, 4.69) is 14.7 Å². The molecule has 1 amide bonds. The highest BCUT2D eigenvalue weighted by Gasteiger charge is 2.24. The Kier molecular flexibility index (Phi) is 5.62. The summed E-state index contributed by atoms with van der Waals surface area (Å²) in [5.74, 6) is -0.542. The van der Waals surface area contributed by atoms with Crippen molar-refractivity contribution in [2.75, 3.05) is 26.8 Å². The van der Waals surface area contributed by atoms with Gasteiger partial charge in [-0.1, -0.05) is 0 Å². The highest BCUT2D eigenvalue weighted by atomic mass is 16.5. The molecule has 7 nitrogen and oxygen atoms in total. The molecule has 1 fully saturated rings. The lowest BCUT2D eigenvalue weighted by Gasteiger charge is -2.25. The minimum Gasteiger partial charge on any atom is -0.469 e. The zero-order valence-electron chi connectivity index (χ0n) is 12.0. The van der Waals surface area contributed by atoms with E-state index in [1.165, 1.54) is 25.8 Å². The number of nitrogens with zero attached hydrogens (tertiary/aromatic N) is 3. The lowest BCUT2D eigenvalue weighted by Crippen LogP contribution is -2.39. The second-order valence-electron chi connectivity index (χ2n) is 4.84. The molecule has 114 valence electrons. The van der Waals surface area contributed by atoms with Crippen LogP contribution < -0.4 is 0 Å². The summed E-state index contributed by atoms with van der Waals surface area (Å²) >= 11 is 0. The monoisotopic (exact) mass is 293 g/mol. The van der Waals surface area contributed by atoms with E-state index in [9.17, 15) is 9.59 Å². The molecule has 0 aromatic carbocycles. The first-order valence-electron chi connectivity index (χ1n) is 6.93. The van der Waals surface area contributed by atoms with Crippen LogP contribution in [0.5, 0.6) is 0 Å². The summed E-state index contributed by atoms with van der Waals surface area (Å²) in [5, 5.41) is 0. The Labute approximate surface area is 123 Å². The average molecular weight is 293 g/mol. The highest BCUT2D eigenvalue weighted by molar-refractivity contribution is 5.93. The molecule has 1 aliphatic rings. The third-order valence-electron chi connectivity index (χ3n) is 3.36. The Hall–Kier alpha value is -2.02. The average Bonchev–Trinajstić information content (AvgIpc) is 3.04. The Balaban J connectivity index is 2.02. The van der Waals surface area contributed by atoms with Crippen molar-refractivity contribution in [3.63, 3.8) is 0 Å². The number of amides is 1. The summed E-state index contributed by atoms with van der Waals surface area (Å²) in [5.41, 5.74) is 0.403. The zero-order valence-corrected chi connectivity index (χ0v) is 12.0. The number of carbonyl (C=O) groups is 2. The van der Waals surface area contributed by atoms with Gasteiger partial charge in [-0.3, -0.25) is 9.59 Å². The summed E-state index contributed by atoms with van der Waals surface area (Å²) in [4.78, 5) is 33.1. The Morgan fingerprint density at radius 2 is 2.19 bits per heavy atom. The number of rotatable bonds is 6. The lowest BCUT2D eigenvalue weighted by molar-refractivity contribution is -0.140. The number of ether oxygens (including phenoxy) is 2. The summed E-state index contributed by atoms with van der Waals surface area (Å²) in [6.45, 7) is 1.48. The van der Waals surface area contributed by atoms with Gasteiger partial charge in [0.1, 0.15) is 6.33 Å². The number of carbonyl (C=O) groups excluding carboxylic acids is 2. The number of aromatic nitrogens is 2. The fourth-order valence-corrected chi connectivity index (χ4v) is 2.23. The van der Waals surface area contributed by atoms with Crippen LogP contribution in [0.3, 0.4) is 0 Å². The molecule has 0 N–H and O–H groups in total. The fourth-order valence-electron chi connectivity index (χ4n) is 2.23. The van der Waals surface area contributed by atoms with E-state index < -0.39 is 0 Å². The molecule has 1 unspecified atom stereocenters. The van der Waals surface area contributed by atoms with E-state index in [1.807, 2.05) is 0 Å². The smallest absolute Gasteiger partial charge is 0.307 e. The van der Waals surface area contributed by atoms with E-state index in [-0.39, 0.29) is 24.4 Å². The van der Waals surface area contributed by atoms with E-state index in [1.54, 1.807) is 4.90 Å². The van der Waals surface area contributed by atoms with Crippen molar-refractivity contribution < 1.29 is 19.1 Å². The van der Waals surface area contributed by atoms with Gasteiger partial charge in [0.15, 0.2) is 0 Å². The summed E-state index contributed by atoms with van der Waals surface area (Å²) in [6.07, 6.45) is 6.41. The van der Waals surface area contributed by atoms with E-state index in [0.29, 0.717) is 18.7 Å². The van der Waals surface area contributed by atoms with E-state index in [0.717, 1.165) is 19.4 Å². The van der Waals surface area contributed by atoms with Crippen LogP contribution in [0.25, 0.3) is 0 Å². The minimum absolute atomic E-state index is 0.0243. The van der Waals surface area contributed by atoms with Gasteiger partial charge in [0.2, 0.25) is 0 Å². The predicted molar refractivity (Wildman–Crippen MR) is 73.5 cm³/mol. The Morgan fingerprint density at radius 1 is 1.43 bits per heavy atom. The first-order chi connectivity index (χ1) is 10.2. The molecule has 0 bridgehead atoms. The molecule has 2 heterocycles. The van der Waals surface area contributed by atoms with Gasteiger partial charge in [-0.05, 0) is 12.8 Å². The van der Waals surface area contributed by atoms with Gasteiger partial charge < -0.3 is 14.4 Å². The normalized spacial score (nSPS) is 17.5. The van der Waals surface area contributed by atoms with E-state index in [4.69, 9.17) is 4.74 Å². The van der Waals surface area contributed by atoms with Crippen molar-refractivity contribution in [1.82, 2.24) is 14.9 Å². The summed E-state index contributed by atoms with van der Waals surface area (Å²) < 4.78 is 10.2. The quantitative estimate of drug-likeness (QED) is 0.717. The van der Waals surface area contributed by atoms with Crippen molar-refractivity contribution in [2.24, 2.45) is 0 Å². The molecule has 1 aromatic heterocycles. The van der Waals surface area contributed by atoms with Crippen LogP contribution in [0.15, 0.2) is 18.7 Å². The van der Waals surface area contributed by atoms with Gasteiger partial charge in [-0.15, -0.1) is 0 Å². The number of methoxy groups -OCH3 is 1. The summed E-state index contributed by atoms with van der Waals surface area (Å²) in [7, 11) is 1.33. The highest BCUT2D eigenvalue weighted by Crippen LogP contribution is 2.15. The molecule has 0 aliphatic carbocycles. The van der Waals surface area contributed by atoms with Crippen LogP contribution in [0.1, 0.15) is 29.6 Å². The van der Waals surface area contributed by atoms with Gasteiger partial charge in [0.05, 0.1) is 25.2 Å². The standard InChI is InChI=1S/C14H19N3O4/c1-20-13(18)4-5-17(9-12-3-2-6-21-12)14(19)11-7-15-10-16-8-11/h7-8,10,12H,2-6,9H2,1H3. The van der Waals surface area contributed by atoms with Gasteiger partial charge >= 0.3 is 5.97 Å². The zero-order chi connectivity index (χ0) is 15.1. The molecule has 0 radical (unpaired) electrons. The van der Waals surface area contributed by atoms with Gasteiger partial charge in [0.25, 0.3) is 5.91 Å². The number of hydrogen-bond acceptors (Lipinski definition) is 6. The SMILES string of the molecule is COC(=O)CCN(CC1CCCO1)C(=O)c1cncnc1. The second kappa shape index (κ2) is 7.68. The minimum atomic E-state index is -0.343. The van der Waals surface area contributed by atoms with Crippen molar-refractivity contribution >= 4 is 11.9 Å². The largest absolute Gasteiger partial charge is 0.469 e. The van der Waals surface area contributed by atoms with Crippen molar-refractivity contribution in [3.05, 3.63) is 24.3 Å². The molecule has 0 spiro atoms. The van der Waals surface area contributed by atoms with E-state index >= 15 is 0 Å². The van der Waals surface area contributed by atoms with Gasteiger partial charge in [0, 0.05) is 32.1 Å². The Morgan fingerprint density at radius 3 is 2.81 bits per heavy atom. The maximum absolute atomic E-state index is 12.5. The molecular weight excluding hydrogens is 274 g/mol. The molecule has 21 heavy (non-hydrogen) atoms. The molecule has 1 saturated heterocycles. The number of hydrogen-bond donors (Lipinski definition) is 0. The van der Waals surface area contributed by atoms with Gasteiger partial charge in [-0.25, -0.2) is 9.97 Å². The predicted octanol–water partition coefficient (Wildman–Crippen LogP) is 0.661. The molecular formula is C14H19N3O4. The third kappa shape index (κ3) is 4.49. The van der Waals surface area contributed by atoms with Crippen LogP contribution in [-0.2, 0) is 14.3 Å². The van der Waals surface area contributed by atoms with Crippen LogP contribution >= 0.6 is 0 Å². The van der Waals surface area contributed by atoms with Crippen LogP contribution in [0.2, 0.25) is 0 Å². The molecule has 1 atom stereocenters. The first-order valence-corrected chi connectivity index (χ1v) is 6.93. The maximum atomic E-state index is 12.5. The van der Waals surface area contributed by atoms with Crippen LogP contribution in [0.4, 0.5) is 0 Å². The van der Waals surface area contributed by atoms with Crippen molar-refractivity contribution in [2.45, 2.75) is 25.4 Å². The lowest BCUT2D eigenvalue weighted by atomic mass is 10.2. The van der Waals surface area contributed by atoms with Crippen LogP contribution in [-0.4, -0.2) is 59.7 Å². The fraction of sp³-hybridized carbons (Fsp3) is 0.571.